The monoisotopic (exact) mass is 387 g/mol. The first-order valence-corrected chi connectivity index (χ1v) is 9.46. The van der Waals surface area contributed by atoms with Gasteiger partial charge in [-0.25, -0.2) is 4.39 Å². The molecule has 0 saturated carbocycles. The van der Waals surface area contributed by atoms with Gasteiger partial charge in [0.05, 0.1) is 12.5 Å². The first-order valence-electron chi connectivity index (χ1n) is 9.46. The first-order chi connectivity index (χ1) is 13.5. The molecule has 6 heteroatoms. The van der Waals surface area contributed by atoms with Gasteiger partial charge in [0.15, 0.2) is 11.6 Å². The van der Waals surface area contributed by atoms with Crippen LogP contribution in [0.5, 0.6) is 11.5 Å². The minimum atomic E-state index is -0.601. The zero-order valence-electron chi connectivity index (χ0n) is 16.2. The zero-order valence-corrected chi connectivity index (χ0v) is 16.2. The van der Waals surface area contributed by atoms with Crippen molar-refractivity contribution in [3.8, 4) is 11.5 Å². The molecule has 28 heavy (non-hydrogen) atoms. The molecule has 3 rings (SSSR count). The van der Waals surface area contributed by atoms with Gasteiger partial charge in [0.2, 0.25) is 0 Å². The van der Waals surface area contributed by atoms with E-state index in [1.54, 1.807) is 18.2 Å². The van der Waals surface area contributed by atoms with Crippen molar-refractivity contribution in [2.75, 3.05) is 26.9 Å². The van der Waals surface area contributed by atoms with E-state index in [0.717, 1.165) is 5.56 Å². The quantitative estimate of drug-likeness (QED) is 0.720. The molecule has 1 heterocycles. The summed E-state index contributed by atoms with van der Waals surface area (Å²) < 4.78 is 30.5. The largest absolute Gasteiger partial charge is 0.469 e. The summed E-state index contributed by atoms with van der Waals surface area (Å²) in [6.07, 6.45) is 1.22. The summed E-state index contributed by atoms with van der Waals surface area (Å²) in [5, 5.41) is 3.36. The lowest BCUT2D eigenvalue weighted by Gasteiger charge is -2.35. The summed E-state index contributed by atoms with van der Waals surface area (Å²) in [4.78, 5) is 12.3. The molecule has 0 bridgehead atoms. The molecule has 1 saturated heterocycles. The van der Waals surface area contributed by atoms with E-state index in [2.05, 4.69) is 5.32 Å². The average Bonchev–Trinajstić information content (AvgIpc) is 2.74. The van der Waals surface area contributed by atoms with Crippen LogP contribution in [0.1, 0.15) is 31.4 Å². The number of carbonyl (C=O) groups is 1. The number of halogens is 1. The summed E-state index contributed by atoms with van der Waals surface area (Å²) in [7, 11) is 1.41. The summed E-state index contributed by atoms with van der Waals surface area (Å²) in [5.41, 5.74) is 0.181. The predicted octanol–water partition coefficient (Wildman–Crippen LogP) is 4.24. The molecule has 0 radical (unpaired) electrons. The third-order valence-electron chi connectivity index (χ3n) is 5.24. The highest BCUT2D eigenvalue weighted by molar-refractivity contribution is 5.77. The second kappa shape index (κ2) is 9.17. The van der Waals surface area contributed by atoms with Crippen LogP contribution in [0.2, 0.25) is 0 Å². The van der Waals surface area contributed by atoms with Gasteiger partial charge < -0.3 is 19.5 Å². The molecule has 1 atom stereocenters. The molecule has 1 fully saturated rings. The average molecular weight is 387 g/mol. The Kier molecular flexibility index (Phi) is 6.65. The number of rotatable bonds is 7. The molecule has 0 unspecified atom stereocenters. The van der Waals surface area contributed by atoms with E-state index < -0.39 is 11.2 Å². The number of hydrogen-bond acceptors (Lipinski definition) is 5. The molecule has 5 nitrogen and oxygen atoms in total. The lowest BCUT2D eigenvalue weighted by Crippen LogP contribution is -2.46. The summed E-state index contributed by atoms with van der Waals surface area (Å²) in [6.45, 7) is 3.46. The third-order valence-corrected chi connectivity index (χ3v) is 5.24. The zero-order chi connectivity index (χ0) is 20.0. The van der Waals surface area contributed by atoms with Crippen molar-refractivity contribution in [2.24, 2.45) is 5.41 Å². The van der Waals surface area contributed by atoms with Crippen LogP contribution >= 0.6 is 0 Å². The molecule has 0 amide bonds. The van der Waals surface area contributed by atoms with Crippen LogP contribution in [-0.4, -0.2) is 32.8 Å². The van der Waals surface area contributed by atoms with Crippen LogP contribution in [0.4, 0.5) is 4.39 Å². The molecule has 0 spiro atoms. The second-order valence-corrected chi connectivity index (χ2v) is 7.09. The van der Waals surface area contributed by atoms with Gasteiger partial charge in [0.1, 0.15) is 5.75 Å². The molecular formula is C22H26FNO4. The molecule has 150 valence electrons. The van der Waals surface area contributed by atoms with Gasteiger partial charge in [-0.3, -0.25) is 4.79 Å². The fraction of sp³-hybridized carbons (Fsp3) is 0.409. The van der Waals surface area contributed by atoms with Crippen molar-refractivity contribution in [1.82, 2.24) is 5.32 Å². The highest BCUT2D eigenvalue weighted by atomic mass is 19.1. The first kappa shape index (κ1) is 20.3. The second-order valence-electron chi connectivity index (χ2n) is 7.09. The fourth-order valence-electron chi connectivity index (χ4n) is 3.38. The van der Waals surface area contributed by atoms with Gasteiger partial charge in [-0.1, -0.05) is 24.3 Å². The number of ether oxygens (including phenoxy) is 3. The summed E-state index contributed by atoms with van der Waals surface area (Å²) >= 11 is 0. The van der Waals surface area contributed by atoms with Crippen molar-refractivity contribution in [3.05, 3.63) is 59.9 Å². The van der Waals surface area contributed by atoms with Gasteiger partial charge in [0.25, 0.3) is 0 Å². The van der Waals surface area contributed by atoms with Gasteiger partial charge in [-0.05, 0) is 49.6 Å². The van der Waals surface area contributed by atoms with Crippen LogP contribution in [0, 0.1) is 11.2 Å². The number of esters is 1. The molecule has 2 aromatic carbocycles. The lowest BCUT2D eigenvalue weighted by atomic mass is 9.80. The molecule has 1 aliphatic rings. The number of benzene rings is 2. The normalized spacial score (nSPS) is 17.0. The molecule has 0 aliphatic carbocycles. The molecule has 0 aromatic heterocycles. The van der Waals surface area contributed by atoms with E-state index in [0.29, 0.717) is 38.3 Å². The van der Waals surface area contributed by atoms with Crippen molar-refractivity contribution in [2.45, 2.75) is 25.8 Å². The Morgan fingerprint density at radius 2 is 1.93 bits per heavy atom. The molecule has 1 aliphatic heterocycles. The molecular weight excluding hydrogens is 361 g/mol. The van der Waals surface area contributed by atoms with E-state index >= 15 is 0 Å². The number of methoxy groups -OCH3 is 1. The Balaban J connectivity index is 1.66. The minimum absolute atomic E-state index is 0.135. The topological polar surface area (TPSA) is 56.8 Å². The Labute approximate surface area is 164 Å². The summed E-state index contributed by atoms with van der Waals surface area (Å²) in [5.74, 6) is 0.106. The number of para-hydroxylation sites is 1. The Hall–Kier alpha value is -2.44. The Morgan fingerprint density at radius 3 is 2.57 bits per heavy atom. The van der Waals surface area contributed by atoms with Crippen LogP contribution in [0.25, 0.3) is 0 Å². The minimum Gasteiger partial charge on any atom is -0.469 e. The Morgan fingerprint density at radius 1 is 1.21 bits per heavy atom. The van der Waals surface area contributed by atoms with Gasteiger partial charge in [0, 0.05) is 25.8 Å². The van der Waals surface area contributed by atoms with Crippen molar-refractivity contribution < 1.29 is 23.4 Å². The van der Waals surface area contributed by atoms with Crippen LogP contribution in [0.3, 0.4) is 0 Å². The van der Waals surface area contributed by atoms with E-state index in [9.17, 15) is 9.18 Å². The third kappa shape index (κ3) is 4.69. The van der Waals surface area contributed by atoms with Crippen LogP contribution in [0.15, 0.2) is 48.5 Å². The number of carbonyl (C=O) groups excluding carboxylic acids is 1. The number of nitrogens with one attached hydrogen (secondary N) is 1. The van der Waals surface area contributed by atoms with Gasteiger partial charge >= 0.3 is 5.97 Å². The Bertz CT molecular complexity index is 790. The van der Waals surface area contributed by atoms with Gasteiger partial charge in [-0.2, -0.15) is 0 Å². The number of hydrogen-bond donors (Lipinski definition) is 1. The van der Waals surface area contributed by atoms with E-state index in [1.165, 1.54) is 13.2 Å². The molecule has 2 aromatic rings. The van der Waals surface area contributed by atoms with Crippen molar-refractivity contribution in [3.63, 3.8) is 0 Å². The molecule has 1 N–H and O–H groups in total. The van der Waals surface area contributed by atoms with Crippen LogP contribution < -0.4 is 10.1 Å². The maximum absolute atomic E-state index is 14.5. The van der Waals surface area contributed by atoms with Crippen molar-refractivity contribution >= 4 is 5.97 Å². The highest BCUT2D eigenvalue weighted by Gasteiger charge is 2.41. The maximum atomic E-state index is 14.5. The lowest BCUT2D eigenvalue weighted by molar-refractivity contribution is -0.158. The highest BCUT2D eigenvalue weighted by Crippen LogP contribution is 2.32. The van der Waals surface area contributed by atoms with Crippen LogP contribution in [-0.2, 0) is 14.3 Å². The fourth-order valence-corrected chi connectivity index (χ4v) is 3.38. The standard InChI is InChI=1S/C22H26FNO4/c1-16(24-15-22(21(25)26-2)10-12-27-13-11-22)17-8-9-20(19(23)14-17)28-18-6-4-3-5-7-18/h3-9,14,16,24H,10-13,15H2,1-2H3/t16-/m0/s1. The van der Waals surface area contributed by atoms with Gasteiger partial charge in [-0.15, -0.1) is 0 Å². The predicted molar refractivity (Wildman–Crippen MR) is 104 cm³/mol. The van der Waals surface area contributed by atoms with Crippen molar-refractivity contribution in [1.29, 1.82) is 0 Å². The SMILES string of the molecule is COC(=O)C1(CN[C@@H](C)c2ccc(Oc3ccccc3)c(F)c2)CCOCC1. The van der Waals surface area contributed by atoms with E-state index in [-0.39, 0.29) is 17.8 Å². The maximum Gasteiger partial charge on any atom is 0.313 e. The smallest absolute Gasteiger partial charge is 0.313 e. The van der Waals surface area contributed by atoms with E-state index in [4.69, 9.17) is 14.2 Å². The van der Waals surface area contributed by atoms with E-state index in [1.807, 2.05) is 31.2 Å². The summed E-state index contributed by atoms with van der Waals surface area (Å²) in [6, 6.07) is 13.9.